The summed E-state index contributed by atoms with van der Waals surface area (Å²) < 4.78 is 15.8. The lowest BCUT2D eigenvalue weighted by Crippen LogP contribution is -2.65. The fourth-order valence-corrected chi connectivity index (χ4v) is 7.28. The van der Waals surface area contributed by atoms with Crippen molar-refractivity contribution in [2.75, 3.05) is 20.6 Å². The summed E-state index contributed by atoms with van der Waals surface area (Å²) in [5.74, 6) is -7.63. The van der Waals surface area contributed by atoms with Gasteiger partial charge in [-0.2, -0.15) is 0 Å². The van der Waals surface area contributed by atoms with E-state index in [0.717, 1.165) is 19.4 Å². The minimum Gasteiger partial charge on any atom is -0.508 e. The molecule has 1 aromatic rings. The summed E-state index contributed by atoms with van der Waals surface area (Å²) in [7, 11) is 3.05. The number of rotatable bonds is 6. The number of aliphatic hydroxyl groups is 3. The molecule has 4 atom stereocenters. The van der Waals surface area contributed by atoms with Gasteiger partial charge in [0.05, 0.1) is 11.6 Å². The second kappa shape index (κ2) is 10.3. The molecule has 7 N–H and O–H groups in total. The van der Waals surface area contributed by atoms with Crippen LogP contribution in [0.5, 0.6) is 5.75 Å². The van der Waals surface area contributed by atoms with Crippen LogP contribution in [0.4, 0.5) is 4.39 Å². The van der Waals surface area contributed by atoms with Crippen LogP contribution in [-0.2, 0) is 27.3 Å². The minimum atomic E-state index is -2.72. The molecule has 0 saturated heterocycles. The Kier molecular flexibility index (Phi) is 7.26. The molecule has 1 aromatic carbocycles. The number of fused-ring (bicyclic) bond motifs is 3. The number of Topliss-reactive ketones (excluding diaryl/α,β-unsaturated/α-hetero) is 2. The first-order valence-corrected chi connectivity index (χ1v) is 13.8. The molecular formula is C29H36FN3O7. The van der Waals surface area contributed by atoms with Crippen molar-refractivity contribution in [2.45, 2.75) is 63.1 Å². The monoisotopic (exact) mass is 557 g/mol. The molecule has 0 aliphatic heterocycles. The highest BCUT2D eigenvalue weighted by molar-refractivity contribution is 6.24. The maximum Gasteiger partial charge on any atom is 0.255 e. The number of phenols is 1. The van der Waals surface area contributed by atoms with Gasteiger partial charge in [-0.1, -0.05) is 19.3 Å². The maximum absolute atomic E-state index is 15.8. The summed E-state index contributed by atoms with van der Waals surface area (Å²) in [5, 5.41) is 47.8. The van der Waals surface area contributed by atoms with E-state index in [1.165, 1.54) is 44.3 Å². The quantitative estimate of drug-likeness (QED) is 0.285. The van der Waals surface area contributed by atoms with E-state index in [4.69, 9.17) is 5.73 Å². The highest BCUT2D eigenvalue weighted by Crippen LogP contribution is 2.53. The fourth-order valence-electron chi connectivity index (χ4n) is 7.28. The Morgan fingerprint density at radius 2 is 1.85 bits per heavy atom. The number of nitrogens with two attached hydrogens (primary N) is 1. The molecule has 2 saturated carbocycles. The number of halogens is 1. The van der Waals surface area contributed by atoms with Crippen LogP contribution in [0.1, 0.15) is 55.2 Å². The summed E-state index contributed by atoms with van der Waals surface area (Å²) in [5.41, 5.74) is 1.46. The number of carbonyl (C=O) groups excluding carboxylic acids is 3. The molecule has 5 rings (SSSR count). The van der Waals surface area contributed by atoms with Crippen molar-refractivity contribution in [3.63, 3.8) is 0 Å². The van der Waals surface area contributed by atoms with Crippen LogP contribution < -0.4 is 11.1 Å². The normalized spacial score (nSPS) is 29.0. The van der Waals surface area contributed by atoms with Crippen molar-refractivity contribution in [3.05, 3.63) is 45.5 Å². The van der Waals surface area contributed by atoms with Gasteiger partial charge in [0.1, 0.15) is 28.7 Å². The zero-order valence-corrected chi connectivity index (χ0v) is 22.7. The van der Waals surface area contributed by atoms with E-state index < -0.39 is 69.6 Å². The Morgan fingerprint density at radius 1 is 1.18 bits per heavy atom. The van der Waals surface area contributed by atoms with Crippen molar-refractivity contribution in [1.82, 2.24) is 10.2 Å². The first kappa shape index (κ1) is 28.3. The highest BCUT2D eigenvalue weighted by Gasteiger charge is 2.64. The van der Waals surface area contributed by atoms with Crippen LogP contribution in [0, 0.1) is 23.6 Å². The van der Waals surface area contributed by atoms with E-state index >= 15 is 4.39 Å². The third-order valence-corrected chi connectivity index (χ3v) is 9.20. The predicted octanol–water partition coefficient (Wildman–Crippen LogP) is 1.77. The second-order valence-corrected chi connectivity index (χ2v) is 11.8. The number of primary amides is 1. The standard InChI is InChI=1S/C29H36FN3O7/c1-33(2)23-17-9-14-8-16-20(18(34)10-15(22(16)30)12-32-11-13-6-4-3-5-7-13)24(35)19(14)26(37)29(17,40)27(38)21(25(23)36)28(31)39/h10,13-14,17,23,32,34-35,38,40H,3-9,11-12H2,1-2H3,(H2,31,39)/t14-,17-,23-,29-/m0/s1. The third-order valence-electron chi connectivity index (χ3n) is 9.20. The lowest BCUT2D eigenvalue weighted by molar-refractivity contribution is -0.153. The molecule has 0 spiro atoms. The zero-order chi connectivity index (χ0) is 29.1. The van der Waals surface area contributed by atoms with Crippen molar-refractivity contribution in [1.29, 1.82) is 0 Å². The van der Waals surface area contributed by atoms with Crippen LogP contribution in [0.25, 0.3) is 5.76 Å². The van der Waals surface area contributed by atoms with E-state index in [1.807, 2.05) is 0 Å². The van der Waals surface area contributed by atoms with Gasteiger partial charge in [0.2, 0.25) is 5.78 Å². The summed E-state index contributed by atoms with van der Waals surface area (Å²) in [6.45, 7) is 0.909. The topological polar surface area (TPSA) is 173 Å². The maximum atomic E-state index is 15.8. The number of nitrogens with one attached hydrogen (secondary N) is 1. The smallest absolute Gasteiger partial charge is 0.255 e. The number of ketones is 2. The fraction of sp³-hybridized carbons (Fsp3) is 0.552. The Balaban J connectivity index is 1.54. The van der Waals surface area contributed by atoms with Crippen LogP contribution >= 0.6 is 0 Å². The number of aliphatic hydroxyl groups excluding tert-OH is 2. The van der Waals surface area contributed by atoms with Crippen molar-refractivity contribution in [2.24, 2.45) is 23.5 Å². The molecule has 0 aromatic heterocycles. The first-order chi connectivity index (χ1) is 18.9. The summed E-state index contributed by atoms with van der Waals surface area (Å²) >= 11 is 0. The van der Waals surface area contributed by atoms with E-state index in [0.29, 0.717) is 5.92 Å². The predicted molar refractivity (Wildman–Crippen MR) is 142 cm³/mol. The molecule has 1 amide bonds. The lowest BCUT2D eigenvalue weighted by atomic mass is 9.57. The molecule has 4 aliphatic rings. The van der Waals surface area contributed by atoms with Crippen LogP contribution in [-0.4, -0.2) is 75.1 Å². The Bertz CT molecular complexity index is 1350. The molecular weight excluding hydrogens is 521 g/mol. The van der Waals surface area contributed by atoms with E-state index in [-0.39, 0.29) is 41.6 Å². The average Bonchev–Trinajstić information content (AvgIpc) is 2.89. The third kappa shape index (κ3) is 4.22. The van der Waals surface area contributed by atoms with Crippen molar-refractivity contribution in [3.8, 4) is 5.75 Å². The van der Waals surface area contributed by atoms with E-state index in [9.17, 15) is 34.8 Å². The SMILES string of the molecule is CN(C)[C@@H]1C(=O)C(C(N)=O)=C(O)[C@@]2(O)C(=O)C3=C(O)c4c(O)cc(CNCC5CCCCC5)c(F)c4C[C@H]3C[C@@H]12. The van der Waals surface area contributed by atoms with Crippen LogP contribution in [0.2, 0.25) is 0 Å². The number of likely N-dealkylation sites (N-methyl/N-ethyl adjacent to an activating group) is 1. The molecule has 11 heteroatoms. The van der Waals surface area contributed by atoms with Crippen LogP contribution in [0.15, 0.2) is 23.0 Å². The molecule has 0 bridgehead atoms. The Morgan fingerprint density at radius 3 is 2.48 bits per heavy atom. The van der Waals surface area contributed by atoms with E-state index in [1.54, 1.807) is 0 Å². The summed E-state index contributed by atoms with van der Waals surface area (Å²) in [4.78, 5) is 40.5. The number of aromatic hydroxyl groups is 1. The average molecular weight is 558 g/mol. The number of benzene rings is 1. The lowest BCUT2D eigenvalue weighted by Gasteiger charge is -2.50. The number of hydrogen-bond acceptors (Lipinski definition) is 9. The molecule has 0 radical (unpaired) electrons. The molecule has 0 unspecified atom stereocenters. The number of phenolic OH excluding ortho intramolecular Hbond substituents is 1. The first-order valence-electron chi connectivity index (χ1n) is 13.8. The molecule has 216 valence electrons. The van der Waals surface area contributed by atoms with Gasteiger partial charge in [0, 0.05) is 29.2 Å². The second-order valence-electron chi connectivity index (χ2n) is 11.8. The summed E-state index contributed by atoms with van der Waals surface area (Å²) in [6, 6.07) is 0.0273. The number of carbonyl (C=O) groups is 3. The van der Waals surface area contributed by atoms with Gasteiger partial charge in [-0.25, -0.2) is 4.39 Å². The Hall–Kier alpha value is -3.28. The van der Waals surface area contributed by atoms with Gasteiger partial charge < -0.3 is 31.5 Å². The largest absolute Gasteiger partial charge is 0.508 e. The van der Waals surface area contributed by atoms with Gasteiger partial charge in [-0.05, 0) is 64.2 Å². The van der Waals surface area contributed by atoms with E-state index in [2.05, 4.69) is 5.32 Å². The van der Waals surface area contributed by atoms with Gasteiger partial charge in [0.25, 0.3) is 5.91 Å². The van der Waals surface area contributed by atoms with Crippen molar-refractivity contribution < 1.29 is 39.2 Å². The Labute approximate surface area is 231 Å². The number of nitrogens with zero attached hydrogens (tertiary/aromatic N) is 1. The van der Waals surface area contributed by atoms with Gasteiger partial charge in [0.15, 0.2) is 11.4 Å². The van der Waals surface area contributed by atoms with Crippen molar-refractivity contribution >= 4 is 23.2 Å². The molecule has 4 aliphatic carbocycles. The number of hydrogen-bond donors (Lipinski definition) is 6. The molecule has 0 heterocycles. The van der Waals surface area contributed by atoms with Gasteiger partial charge in [-0.15, -0.1) is 0 Å². The minimum absolute atomic E-state index is 0.0417. The summed E-state index contributed by atoms with van der Waals surface area (Å²) in [6.07, 6.45) is 5.68. The molecule has 2 fully saturated rings. The molecule has 40 heavy (non-hydrogen) atoms. The van der Waals surface area contributed by atoms with Gasteiger partial charge in [-0.3, -0.25) is 19.3 Å². The zero-order valence-electron chi connectivity index (χ0n) is 22.7. The van der Waals surface area contributed by atoms with Crippen LogP contribution in [0.3, 0.4) is 0 Å². The molecule has 10 nitrogen and oxygen atoms in total. The highest BCUT2D eigenvalue weighted by atomic mass is 19.1. The van der Waals surface area contributed by atoms with Gasteiger partial charge >= 0.3 is 0 Å². The number of amides is 1.